The van der Waals surface area contributed by atoms with Crippen LogP contribution in [0.1, 0.15) is 11.4 Å². The van der Waals surface area contributed by atoms with E-state index in [2.05, 4.69) is 20.2 Å². The zero-order valence-electron chi connectivity index (χ0n) is 13.7. The third-order valence-corrected chi connectivity index (χ3v) is 4.09. The predicted octanol–water partition coefficient (Wildman–Crippen LogP) is 4.72. The van der Waals surface area contributed by atoms with Crippen molar-refractivity contribution in [2.24, 2.45) is 4.99 Å². The van der Waals surface area contributed by atoms with E-state index in [0.717, 1.165) is 33.3 Å². The zero-order chi connectivity index (χ0) is 17.4. The molecule has 0 fully saturated rings. The van der Waals surface area contributed by atoms with Gasteiger partial charge in [-0.3, -0.25) is 5.10 Å². The van der Waals surface area contributed by atoms with Crippen LogP contribution in [0.5, 0.6) is 0 Å². The van der Waals surface area contributed by atoms with Crippen LogP contribution < -0.4 is 5.36 Å². The number of nitrogens with one attached hydrogen (secondary N) is 1. The van der Waals surface area contributed by atoms with Crippen LogP contribution in [-0.4, -0.2) is 15.2 Å². The van der Waals surface area contributed by atoms with Crippen molar-refractivity contribution in [3.05, 3.63) is 70.3 Å². The maximum Gasteiger partial charge on any atom is 0.268 e. The number of hydrogen-bond acceptors (Lipinski definition) is 4. The fourth-order valence-corrected chi connectivity index (χ4v) is 2.75. The molecule has 0 aliphatic rings. The van der Waals surface area contributed by atoms with Crippen molar-refractivity contribution in [2.75, 3.05) is 0 Å². The van der Waals surface area contributed by atoms with Gasteiger partial charge < -0.3 is 4.42 Å². The molecule has 5 nitrogen and oxygen atoms in total. The van der Waals surface area contributed by atoms with Crippen LogP contribution in [0.4, 0.5) is 5.95 Å². The van der Waals surface area contributed by atoms with E-state index in [1.165, 1.54) is 0 Å². The van der Waals surface area contributed by atoms with Gasteiger partial charge in [0.2, 0.25) is 0 Å². The van der Waals surface area contributed by atoms with Crippen molar-refractivity contribution in [2.45, 2.75) is 13.8 Å². The molecule has 0 unspecified atom stereocenters. The average Bonchev–Trinajstić information content (AvgIpc) is 3.01. The quantitative estimate of drug-likeness (QED) is 0.568. The van der Waals surface area contributed by atoms with Crippen molar-refractivity contribution in [1.82, 2.24) is 15.2 Å². The summed E-state index contributed by atoms with van der Waals surface area (Å²) in [6.07, 6.45) is 0. The summed E-state index contributed by atoms with van der Waals surface area (Å²) in [5, 5.41) is 9.27. The lowest BCUT2D eigenvalue weighted by Crippen LogP contribution is -2.04. The van der Waals surface area contributed by atoms with Crippen LogP contribution in [0.3, 0.4) is 0 Å². The van der Waals surface area contributed by atoms with E-state index in [4.69, 9.17) is 16.0 Å². The van der Waals surface area contributed by atoms with Crippen LogP contribution in [0.2, 0.25) is 5.02 Å². The first kappa shape index (κ1) is 15.6. The summed E-state index contributed by atoms with van der Waals surface area (Å²) in [5.41, 5.74) is 2.81. The molecule has 4 rings (SSSR count). The zero-order valence-corrected chi connectivity index (χ0v) is 14.5. The van der Waals surface area contributed by atoms with Gasteiger partial charge in [0.05, 0.1) is 5.36 Å². The van der Waals surface area contributed by atoms with Crippen molar-refractivity contribution >= 4 is 28.5 Å². The summed E-state index contributed by atoms with van der Waals surface area (Å²) in [5.74, 6) is 1.82. The number of aryl methyl sites for hydroxylation is 2. The maximum atomic E-state index is 6.07. The fourth-order valence-electron chi connectivity index (χ4n) is 2.62. The van der Waals surface area contributed by atoms with E-state index >= 15 is 0 Å². The van der Waals surface area contributed by atoms with E-state index in [1.54, 1.807) is 0 Å². The Balaban J connectivity index is 1.99. The van der Waals surface area contributed by atoms with E-state index < -0.39 is 0 Å². The molecule has 0 bridgehead atoms. The lowest BCUT2D eigenvalue weighted by atomic mass is 10.1. The number of benzene rings is 2. The van der Waals surface area contributed by atoms with Gasteiger partial charge in [-0.25, -0.2) is 4.99 Å². The molecule has 4 aromatic rings. The number of hydrogen-bond donors (Lipinski definition) is 1. The largest absolute Gasteiger partial charge is 0.456 e. The summed E-state index contributed by atoms with van der Waals surface area (Å²) >= 11 is 5.98. The molecule has 124 valence electrons. The van der Waals surface area contributed by atoms with Gasteiger partial charge in [-0.2, -0.15) is 4.98 Å². The first-order valence-corrected chi connectivity index (χ1v) is 8.20. The van der Waals surface area contributed by atoms with E-state index in [9.17, 15) is 0 Å². The Labute approximate surface area is 149 Å². The van der Waals surface area contributed by atoms with Crippen LogP contribution >= 0.6 is 11.6 Å². The van der Waals surface area contributed by atoms with Gasteiger partial charge in [0.1, 0.15) is 17.2 Å². The number of aromatic nitrogens is 3. The minimum atomic E-state index is 0.397. The second kappa shape index (κ2) is 6.18. The molecule has 0 radical (unpaired) electrons. The number of fused-ring (bicyclic) bond motifs is 1. The Kier molecular flexibility index (Phi) is 3.86. The second-order valence-corrected chi connectivity index (χ2v) is 6.27. The highest BCUT2D eigenvalue weighted by molar-refractivity contribution is 6.30. The van der Waals surface area contributed by atoms with Crippen molar-refractivity contribution in [3.8, 4) is 11.3 Å². The molecule has 2 aromatic carbocycles. The third-order valence-electron chi connectivity index (χ3n) is 3.83. The molecule has 0 atom stereocenters. The minimum Gasteiger partial charge on any atom is -0.456 e. The number of halogens is 1. The molecular formula is C19H15ClN4O. The molecule has 0 amide bonds. The predicted molar refractivity (Wildman–Crippen MR) is 97.7 cm³/mol. The van der Waals surface area contributed by atoms with Gasteiger partial charge in [0.15, 0.2) is 0 Å². The Morgan fingerprint density at radius 2 is 1.84 bits per heavy atom. The molecule has 2 heterocycles. The lowest BCUT2D eigenvalue weighted by molar-refractivity contribution is 0.618. The second-order valence-electron chi connectivity index (χ2n) is 5.84. The molecule has 2 aromatic heterocycles. The molecule has 0 aliphatic heterocycles. The Bertz CT molecular complexity index is 1130. The highest BCUT2D eigenvalue weighted by atomic mass is 35.5. The van der Waals surface area contributed by atoms with Crippen LogP contribution in [0, 0.1) is 13.8 Å². The van der Waals surface area contributed by atoms with Gasteiger partial charge in [0.25, 0.3) is 5.95 Å². The highest BCUT2D eigenvalue weighted by Crippen LogP contribution is 2.24. The van der Waals surface area contributed by atoms with Gasteiger partial charge in [-0.1, -0.05) is 23.2 Å². The maximum absolute atomic E-state index is 6.07. The van der Waals surface area contributed by atoms with Crippen molar-refractivity contribution < 1.29 is 4.42 Å². The molecule has 0 saturated heterocycles. The Morgan fingerprint density at radius 3 is 2.56 bits per heavy atom. The minimum absolute atomic E-state index is 0.397. The van der Waals surface area contributed by atoms with Crippen molar-refractivity contribution in [1.29, 1.82) is 0 Å². The fraction of sp³-hybridized carbons (Fsp3) is 0.105. The first-order valence-electron chi connectivity index (χ1n) is 7.83. The van der Waals surface area contributed by atoms with E-state index in [0.29, 0.717) is 16.7 Å². The average molecular weight is 351 g/mol. The normalized spacial score (nSPS) is 12.0. The van der Waals surface area contributed by atoms with E-state index in [1.807, 2.05) is 62.4 Å². The summed E-state index contributed by atoms with van der Waals surface area (Å²) in [7, 11) is 0. The SMILES string of the molecule is Cc1ccc2oc(-c3ccc(Cl)cc3)cc(=Nc3n[nH]c(C)n3)c2c1. The number of nitrogens with zero attached hydrogens (tertiary/aromatic N) is 3. The number of rotatable bonds is 2. The topological polar surface area (TPSA) is 67.1 Å². The molecule has 0 saturated carbocycles. The monoisotopic (exact) mass is 350 g/mol. The van der Waals surface area contributed by atoms with Crippen molar-refractivity contribution in [3.63, 3.8) is 0 Å². The summed E-state index contributed by atoms with van der Waals surface area (Å²) in [6.45, 7) is 3.88. The number of aromatic amines is 1. The smallest absolute Gasteiger partial charge is 0.268 e. The third kappa shape index (κ3) is 3.19. The lowest BCUT2D eigenvalue weighted by Gasteiger charge is -2.05. The van der Waals surface area contributed by atoms with Crippen LogP contribution in [-0.2, 0) is 0 Å². The first-order chi connectivity index (χ1) is 12.1. The number of H-pyrrole nitrogens is 1. The molecule has 0 spiro atoms. The molecule has 0 aliphatic carbocycles. The molecule has 6 heteroatoms. The van der Waals surface area contributed by atoms with Gasteiger partial charge >= 0.3 is 0 Å². The highest BCUT2D eigenvalue weighted by Gasteiger charge is 2.07. The van der Waals surface area contributed by atoms with Crippen LogP contribution in [0.25, 0.3) is 22.3 Å². The standard InChI is InChI=1S/C19H15ClN4O/c1-11-3-8-17-15(9-11)16(22-19-21-12(2)23-24-19)10-18(25-17)13-4-6-14(20)7-5-13/h3-10H,1-2H3,(H,21,23,24). The van der Waals surface area contributed by atoms with Gasteiger partial charge in [-0.05, 0) is 50.2 Å². The summed E-state index contributed by atoms with van der Waals surface area (Å²) < 4.78 is 6.07. The van der Waals surface area contributed by atoms with E-state index in [-0.39, 0.29) is 0 Å². The van der Waals surface area contributed by atoms with Gasteiger partial charge in [-0.15, -0.1) is 5.10 Å². The molecule has 1 N–H and O–H groups in total. The summed E-state index contributed by atoms with van der Waals surface area (Å²) in [6, 6.07) is 15.4. The Morgan fingerprint density at radius 1 is 1.04 bits per heavy atom. The van der Waals surface area contributed by atoms with Crippen LogP contribution in [0.15, 0.2) is 57.9 Å². The van der Waals surface area contributed by atoms with Gasteiger partial charge in [0, 0.05) is 22.0 Å². The molecular weight excluding hydrogens is 336 g/mol. The molecule has 25 heavy (non-hydrogen) atoms. The summed E-state index contributed by atoms with van der Waals surface area (Å²) in [4.78, 5) is 8.86. The Hall–Kier alpha value is -2.92.